The van der Waals surface area contributed by atoms with Crippen LogP contribution in [-0.2, 0) is 11.2 Å². The summed E-state index contributed by atoms with van der Waals surface area (Å²) in [7, 11) is 0. The van der Waals surface area contributed by atoms with Crippen LogP contribution in [0.5, 0.6) is 0 Å². The lowest BCUT2D eigenvalue weighted by Gasteiger charge is -2.20. The van der Waals surface area contributed by atoms with E-state index in [0.717, 1.165) is 18.8 Å². The normalized spacial score (nSPS) is 16.5. The van der Waals surface area contributed by atoms with E-state index in [1.165, 1.54) is 48.8 Å². The smallest absolute Gasteiger partial charge is 0.137 e. The van der Waals surface area contributed by atoms with E-state index in [9.17, 15) is 4.79 Å². The molecular formula is C18H26O. The second-order valence-electron chi connectivity index (χ2n) is 6.18. The molecule has 0 heterocycles. The highest BCUT2D eigenvalue weighted by Crippen LogP contribution is 2.27. The molecule has 0 bridgehead atoms. The molecule has 104 valence electrons. The second kappa shape index (κ2) is 6.88. The van der Waals surface area contributed by atoms with E-state index in [1.54, 1.807) is 0 Å². The summed E-state index contributed by atoms with van der Waals surface area (Å²) < 4.78 is 0. The zero-order valence-electron chi connectivity index (χ0n) is 12.4. The molecule has 19 heavy (non-hydrogen) atoms. The van der Waals surface area contributed by atoms with Crippen molar-refractivity contribution in [1.29, 1.82) is 0 Å². The number of carbonyl (C=O) groups excluding carboxylic acids is 1. The summed E-state index contributed by atoms with van der Waals surface area (Å²) in [6.07, 6.45) is 9.34. The highest BCUT2D eigenvalue weighted by atomic mass is 16.1. The lowest BCUT2D eigenvalue weighted by molar-refractivity contribution is -0.118. The maximum Gasteiger partial charge on any atom is 0.137 e. The van der Waals surface area contributed by atoms with Gasteiger partial charge in [0, 0.05) is 12.8 Å². The van der Waals surface area contributed by atoms with Gasteiger partial charge in [0.25, 0.3) is 0 Å². The molecule has 0 atom stereocenters. The van der Waals surface area contributed by atoms with Gasteiger partial charge in [-0.3, -0.25) is 4.79 Å². The molecular weight excluding hydrogens is 232 g/mol. The van der Waals surface area contributed by atoms with Crippen molar-refractivity contribution < 1.29 is 4.79 Å². The Balaban J connectivity index is 1.78. The number of hydrogen-bond donors (Lipinski definition) is 0. The number of hydrogen-bond acceptors (Lipinski definition) is 1. The van der Waals surface area contributed by atoms with Gasteiger partial charge < -0.3 is 0 Å². The molecule has 0 aromatic heterocycles. The summed E-state index contributed by atoms with van der Waals surface area (Å²) >= 11 is 0. The summed E-state index contributed by atoms with van der Waals surface area (Å²) in [4.78, 5) is 12.1. The third kappa shape index (κ3) is 4.49. The average molecular weight is 258 g/mol. The number of rotatable bonds is 5. The fourth-order valence-electron chi connectivity index (χ4n) is 3.07. The van der Waals surface area contributed by atoms with Crippen molar-refractivity contribution in [2.75, 3.05) is 0 Å². The summed E-state index contributed by atoms with van der Waals surface area (Å²) in [6.45, 7) is 4.23. The van der Waals surface area contributed by atoms with Crippen LogP contribution in [0.1, 0.15) is 61.6 Å². The first-order valence-electron chi connectivity index (χ1n) is 7.73. The van der Waals surface area contributed by atoms with Gasteiger partial charge >= 0.3 is 0 Å². The summed E-state index contributed by atoms with van der Waals surface area (Å²) in [5.41, 5.74) is 3.77. The highest BCUT2D eigenvalue weighted by Gasteiger charge is 2.15. The monoisotopic (exact) mass is 258 g/mol. The van der Waals surface area contributed by atoms with E-state index in [2.05, 4.69) is 32.0 Å². The Morgan fingerprint density at radius 1 is 1.11 bits per heavy atom. The molecule has 0 spiro atoms. The van der Waals surface area contributed by atoms with Gasteiger partial charge in [0.15, 0.2) is 0 Å². The zero-order valence-corrected chi connectivity index (χ0v) is 12.4. The van der Waals surface area contributed by atoms with E-state index in [-0.39, 0.29) is 0 Å². The molecule has 1 heteroatoms. The predicted octanol–water partition coefficient (Wildman–Crippen LogP) is 4.78. The van der Waals surface area contributed by atoms with Crippen LogP contribution in [0.15, 0.2) is 18.2 Å². The first kappa shape index (κ1) is 14.3. The van der Waals surface area contributed by atoms with Gasteiger partial charge in [0.05, 0.1) is 0 Å². The average Bonchev–Trinajstić information content (AvgIpc) is 2.42. The van der Waals surface area contributed by atoms with Crippen molar-refractivity contribution in [2.24, 2.45) is 5.92 Å². The third-order valence-electron chi connectivity index (χ3n) is 4.53. The fourth-order valence-corrected chi connectivity index (χ4v) is 3.07. The van der Waals surface area contributed by atoms with E-state index in [1.807, 2.05) is 0 Å². The van der Waals surface area contributed by atoms with Crippen molar-refractivity contribution in [1.82, 2.24) is 0 Å². The molecule has 2 rings (SSSR count). The molecule has 1 aliphatic rings. The second-order valence-corrected chi connectivity index (χ2v) is 6.18. The Hall–Kier alpha value is -1.11. The van der Waals surface area contributed by atoms with Crippen LogP contribution in [0.4, 0.5) is 0 Å². The van der Waals surface area contributed by atoms with Crippen LogP contribution in [0.25, 0.3) is 0 Å². The molecule has 1 saturated carbocycles. The molecule has 0 aliphatic heterocycles. The molecule has 0 unspecified atom stereocenters. The number of benzene rings is 1. The maximum atomic E-state index is 12.1. The molecule has 0 radical (unpaired) electrons. The van der Waals surface area contributed by atoms with Crippen LogP contribution in [0, 0.1) is 19.8 Å². The van der Waals surface area contributed by atoms with Crippen LogP contribution in [-0.4, -0.2) is 5.78 Å². The first-order valence-corrected chi connectivity index (χ1v) is 7.73. The Morgan fingerprint density at radius 2 is 1.84 bits per heavy atom. The van der Waals surface area contributed by atoms with Crippen LogP contribution in [0.2, 0.25) is 0 Å². The summed E-state index contributed by atoms with van der Waals surface area (Å²) in [5.74, 6) is 1.23. The Labute approximate surface area is 117 Å². The summed E-state index contributed by atoms with van der Waals surface area (Å²) in [6, 6.07) is 6.38. The minimum absolute atomic E-state index is 0.411. The van der Waals surface area contributed by atoms with Crippen molar-refractivity contribution in [3.05, 3.63) is 34.9 Å². The first-order chi connectivity index (χ1) is 9.15. The van der Waals surface area contributed by atoms with E-state index >= 15 is 0 Å². The van der Waals surface area contributed by atoms with Gasteiger partial charge in [-0.15, -0.1) is 0 Å². The minimum Gasteiger partial charge on any atom is -0.299 e. The predicted molar refractivity (Wildman–Crippen MR) is 80.4 cm³/mol. The molecule has 1 aromatic carbocycles. The van der Waals surface area contributed by atoms with E-state index in [0.29, 0.717) is 12.2 Å². The molecule has 0 N–H and O–H groups in total. The lowest BCUT2D eigenvalue weighted by atomic mass is 9.85. The number of ketones is 1. The molecule has 0 amide bonds. The van der Waals surface area contributed by atoms with Crippen molar-refractivity contribution >= 4 is 5.78 Å². The van der Waals surface area contributed by atoms with Crippen molar-refractivity contribution in [3.63, 3.8) is 0 Å². The SMILES string of the molecule is Cc1ccc(CC(=O)CCC2CCCCC2)cc1C. The molecule has 0 saturated heterocycles. The van der Waals surface area contributed by atoms with Crippen LogP contribution < -0.4 is 0 Å². The van der Waals surface area contributed by atoms with Gasteiger partial charge in [-0.1, -0.05) is 50.3 Å². The summed E-state index contributed by atoms with van der Waals surface area (Å²) in [5, 5.41) is 0. The zero-order chi connectivity index (χ0) is 13.7. The van der Waals surface area contributed by atoms with E-state index in [4.69, 9.17) is 0 Å². The maximum absolute atomic E-state index is 12.1. The number of Topliss-reactive ketones (excluding diaryl/α,β-unsaturated/α-hetero) is 1. The van der Waals surface area contributed by atoms with Crippen molar-refractivity contribution in [2.45, 2.75) is 65.2 Å². The van der Waals surface area contributed by atoms with Gasteiger partial charge in [-0.2, -0.15) is 0 Å². The standard InChI is InChI=1S/C18H26O/c1-14-8-9-17(12-15(14)2)13-18(19)11-10-16-6-4-3-5-7-16/h8-9,12,16H,3-7,10-11,13H2,1-2H3. The fraction of sp³-hybridized carbons (Fsp3) is 0.611. The third-order valence-corrected chi connectivity index (χ3v) is 4.53. The Morgan fingerprint density at radius 3 is 2.53 bits per heavy atom. The Kier molecular flexibility index (Phi) is 5.18. The minimum atomic E-state index is 0.411. The van der Waals surface area contributed by atoms with Crippen LogP contribution >= 0.6 is 0 Å². The molecule has 1 nitrogen and oxygen atoms in total. The number of carbonyl (C=O) groups is 1. The van der Waals surface area contributed by atoms with Gasteiger partial charge in [-0.05, 0) is 42.9 Å². The molecule has 1 aliphatic carbocycles. The van der Waals surface area contributed by atoms with Crippen LogP contribution in [0.3, 0.4) is 0 Å². The van der Waals surface area contributed by atoms with Gasteiger partial charge in [0.2, 0.25) is 0 Å². The highest BCUT2D eigenvalue weighted by molar-refractivity contribution is 5.80. The topological polar surface area (TPSA) is 17.1 Å². The van der Waals surface area contributed by atoms with Gasteiger partial charge in [-0.25, -0.2) is 0 Å². The largest absolute Gasteiger partial charge is 0.299 e. The number of aryl methyl sites for hydroxylation is 2. The van der Waals surface area contributed by atoms with Gasteiger partial charge in [0.1, 0.15) is 5.78 Å². The quantitative estimate of drug-likeness (QED) is 0.743. The van der Waals surface area contributed by atoms with E-state index < -0.39 is 0 Å². The Bertz CT molecular complexity index is 427. The van der Waals surface area contributed by atoms with Crippen molar-refractivity contribution in [3.8, 4) is 0 Å². The molecule has 1 aromatic rings. The lowest BCUT2D eigenvalue weighted by Crippen LogP contribution is -2.10. The molecule has 1 fully saturated rings.